The van der Waals surface area contributed by atoms with Gasteiger partial charge in [-0.1, -0.05) is 24.3 Å². The maximum Gasteiger partial charge on any atom is 0.336 e. The molecule has 0 radical (unpaired) electrons. The summed E-state index contributed by atoms with van der Waals surface area (Å²) in [5.74, 6) is -1.79. The number of benzene rings is 2. The minimum absolute atomic E-state index is 0.208. The molecule has 1 aliphatic rings. The smallest absolute Gasteiger partial charge is 0.336 e. The standard InChI is InChI=1S/C23H22FNO5/c1-28-18-9-7-15(8-10-18)12-25-13-19(22(26)29-2)21(20(14-25)23(27)30-3)16-5-4-6-17(24)11-16/h4-11,13-14,21H,12H2,1-3H3. The van der Waals surface area contributed by atoms with Crippen molar-refractivity contribution in [2.45, 2.75) is 12.5 Å². The van der Waals surface area contributed by atoms with Crippen LogP contribution in [0, 0.1) is 5.82 Å². The molecule has 2 aromatic rings. The summed E-state index contributed by atoms with van der Waals surface area (Å²) in [6, 6.07) is 13.2. The van der Waals surface area contributed by atoms with E-state index in [1.807, 2.05) is 24.3 Å². The molecule has 30 heavy (non-hydrogen) atoms. The van der Waals surface area contributed by atoms with E-state index in [9.17, 15) is 14.0 Å². The number of hydrogen-bond acceptors (Lipinski definition) is 6. The van der Waals surface area contributed by atoms with Gasteiger partial charge in [0.2, 0.25) is 0 Å². The van der Waals surface area contributed by atoms with Gasteiger partial charge in [0.1, 0.15) is 11.6 Å². The Kier molecular flexibility index (Phi) is 6.51. The number of carbonyl (C=O) groups is 2. The van der Waals surface area contributed by atoms with Crippen molar-refractivity contribution in [3.05, 3.63) is 89.0 Å². The number of carbonyl (C=O) groups excluding carboxylic acids is 2. The first-order valence-corrected chi connectivity index (χ1v) is 9.21. The summed E-state index contributed by atoms with van der Waals surface area (Å²) in [5, 5.41) is 0. The van der Waals surface area contributed by atoms with Gasteiger partial charge in [0, 0.05) is 18.9 Å². The zero-order chi connectivity index (χ0) is 21.7. The van der Waals surface area contributed by atoms with Crippen LogP contribution in [-0.2, 0) is 25.6 Å². The van der Waals surface area contributed by atoms with Crippen LogP contribution in [0.5, 0.6) is 5.75 Å². The number of hydrogen-bond donors (Lipinski definition) is 0. The van der Waals surface area contributed by atoms with Crippen molar-refractivity contribution in [3.63, 3.8) is 0 Å². The minimum atomic E-state index is -0.812. The maximum atomic E-state index is 13.9. The van der Waals surface area contributed by atoms with Gasteiger partial charge in [-0.05, 0) is 35.4 Å². The second kappa shape index (κ2) is 9.26. The van der Waals surface area contributed by atoms with Gasteiger partial charge in [-0.25, -0.2) is 14.0 Å². The van der Waals surface area contributed by atoms with Gasteiger partial charge in [0.25, 0.3) is 0 Å². The zero-order valence-electron chi connectivity index (χ0n) is 16.9. The Labute approximate surface area is 174 Å². The van der Waals surface area contributed by atoms with Gasteiger partial charge in [0.05, 0.1) is 38.4 Å². The van der Waals surface area contributed by atoms with Crippen LogP contribution in [0.3, 0.4) is 0 Å². The van der Waals surface area contributed by atoms with Crippen molar-refractivity contribution in [1.82, 2.24) is 4.90 Å². The normalized spacial score (nSPS) is 13.9. The number of methoxy groups -OCH3 is 3. The Balaban J connectivity index is 2.04. The third-order valence-electron chi connectivity index (χ3n) is 4.78. The van der Waals surface area contributed by atoms with Crippen molar-refractivity contribution in [3.8, 4) is 5.75 Å². The molecule has 0 spiro atoms. The van der Waals surface area contributed by atoms with Crippen molar-refractivity contribution in [2.24, 2.45) is 0 Å². The predicted molar refractivity (Wildman–Crippen MR) is 108 cm³/mol. The molecule has 1 heterocycles. The fourth-order valence-electron chi connectivity index (χ4n) is 3.37. The third kappa shape index (κ3) is 4.51. The maximum absolute atomic E-state index is 13.9. The molecule has 7 heteroatoms. The van der Waals surface area contributed by atoms with Gasteiger partial charge in [-0.15, -0.1) is 0 Å². The minimum Gasteiger partial charge on any atom is -0.497 e. The average Bonchev–Trinajstić information content (AvgIpc) is 2.77. The van der Waals surface area contributed by atoms with Crippen molar-refractivity contribution in [1.29, 1.82) is 0 Å². The van der Waals surface area contributed by atoms with Crippen LogP contribution >= 0.6 is 0 Å². The number of ether oxygens (including phenoxy) is 3. The molecule has 0 N–H and O–H groups in total. The summed E-state index contributed by atoms with van der Waals surface area (Å²) in [4.78, 5) is 26.8. The highest BCUT2D eigenvalue weighted by Gasteiger charge is 2.35. The summed E-state index contributed by atoms with van der Waals surface area (Å²) >= 11 is 0. The fraction of sp³-hybridized carbons (Fsp3) is 0.217. The Morgan fingerprint density at radius 1 is 0.933 bits per heavy atom. The first kappa shape index (κ1) is 21.1. The summed E-state index contributed by atoms with van der Waals surface area (Å²) in [7, 11) is 4.11. The monoisotopic (exact) mass is 411 g/mol. The number of esters is 2. The molecule has 0 bridgehead atoms. The highest BCUT2D eigenvalue weighted by molar-refractivity contribution is 5.98. The van der Waals surface area contributed by atoms with Gasteiger partial charge >= 0.3 is 11.9 Å². The van der Waals surface area contributed by atoms with Crippen LogP contribution in [0.15, 0.2) is 72.1 Å². The Bertz CT molecular complexity index is 963. The molecule has 3 rings (SSSR count). The molecular formula is C23H22FNO5. The van der Waals surface area contributed by atoms with E-state index in [0.29, 0.717) is 12.1 Å². The van der Waals surface area contributed by atoms with Crippen LogP contribution in [0.2, 0.25) is 0 Å². The Morgan fingerprint density at radius 3 is 2.03 bits per heavy atom. The van der Waals surface area contributed by atoms with E-state index in [0.717, 1.165) is 11.3 Å². The van der Waals surface area contributed by atoms with Crippen LogP contribution < -0.4 is 4.74 Å². The molecule has 0 unspecified atom stereocenters. The zero-order valence-corrected chi connectivity index (χ0v) is 16.9. The molecule has 6 nitrogen and oxygen atoms in total. The van der Waals surface area contributed by atoms with E-state index in [-0.39, 0.29) is 11.1 Å². The largest absolute Gasteiger partial charge is 0.497 e. The van der Waals surface area contributed by atoms with Gasteiger partial charge in [0.15, 0.2) is 0 Å². The molecular weight excluding hydrogens is 389 g/mol. The molecule has 0 fully saturated rings. The van der Waals surface area contributed by atoms with Crippen molar-refractivity contribution >= 4 is 11.9 Å². The van der Waals surface area contributed by atoms with E-state index in [2.05, 4.69) is 0 Å². The number of nitrogens with zero attached hydrogens (tertiary/aromatic N) is 1. The quantitative estimate of drug-likeness (QED) is 0.678. The molecule has 156 valence electrons. The lowest BCUT2D eigenvalue weighted by Gasteiger charge is -2.30. The molecule has 2 aromatic carbocycles. The topological polar surface area (TPSA) is 65.1 Å². The van der Waals surface area contributed by atoms with Gasteiger partial charge < -0.3 is 19.1 Å². The molecule has 0 aliphatic carbocycles. The number of rotatable bonds is 6. The molecule has 0 amide bonds. The van der Waals surface area contributed by atoms with Crippen molar-refractivity contribution < 1.29 is 28.2 Å². The number of halogens is 1. The van der Waals surface area contributed by atoms with Gasteiger partial charge in [-0.3, -0.25) is 0 Å². The van der Waals surface area contributed by atoms with Crippen LogP contribution in [0.25, 0.3) is 0 Å². The molecule has 0 saturated heterocycles. The second-order valence-corrected chi connectivity index (χ2v) is 6.66. The van der Waals surface area contributed by atoms with E-state index < -0.39 is 23.7 Å². The van der Waals surface area contributed by atoms with Crippen LogP contribution in [-0.4, -0.2) is 38.2 Å². The van der Waals surface area contributed by atoms with Crippen LogP contribution in [0.4, 0.5) is 4.39 Å². The summed E-state index contributed by atoms with van der Waals surface area (Å²) in [6.07, 6.45) is 3.22. The van der Waals surface area contributed by atoms with Crippen molar-refractivity contribution in [2.75, 3.05) is 21.3 Å². The van der Waals surface area contributed by atoms with E-state index >= 15 is 0 Å². The van der Waals surface area contributed by atoms with E-state index in [4.69, 9.17) is 14.2 Å². The first-order valence-electron chi connectivity index (χ1n) is 9.21. The molecule has 1 aliphatic heterocycles. The predicted octanol–water partition coefficient (Wildman–Crippen LogP) is 3.55. The highest BCUT2D eigenvalue weighted by atomic mass is 19.1. The lowest BCUT2D eigenvalue weighted by Crippen LogP contribution is -2.28. The summed E-state index contributed by atoms with van der Waals surface area (Å²) in [5.41, 5.74) is 1.80. The fourth-order valence-corrected chi connectivity index (χ4v) is 3.37. The summed E-state index contributed by atoms with van der Waals surface area (Å²) < 4.78 is 28.9. The third-order valence-corrected chi connectivity index (χ3v) is 4.78. The molecule has 0 atom stereocenters. The average molecular weight is 411 g/mol. The van der Waals surface area contributed by atoms with E-state index in [1.54, 1.807) is 30.5 Å². The lowest BCUT2D eigenvalue weighted by molar-refractivity contribution is -0.137. The Morgan fingerprint density at radius 2 is 1.53 bits per heavy atom. The first-order chi connectivity index (χ1) is 14.5. The molecule has 0 aromatic heterocycles. The van der Waals surface area contributed by atoms with Crippen LogP contribution in [0.1, 0.15) is 17.0 Å². The SMILES string of the molecule is COC(=O)C1=CN(Cc2ccc(OC)cc2)C=C(C(=O)OC)C1c1cccc(F)c1. The van der Waals surface area contributed by atoms with E-state index in [1.165, 1.54) is 32.4 Å². The Hall–Kier alpha value is -3.61. The van der Waals surface area contributed by atoms with Gasteiger partial charge in [-0.2, -0.15) is 0 Å². The molecule has 0 saturated carbocycles. The highest BCUT2D eigenvalue weighted by Crippen LogP contribution is 2.37. The lowest BCUT2D eigenvalue weighted by atomic mass is 9.83. The second-order valence-electron chi connectivity index (χ2n) is 6.66. The summed E-state index contributed by atoms with van der Waals surface area (Å²) in [6.45, 7) is 0.390.